The van der Waals surface area contributed by atoms with Crippen LogP contribution in [0.2, 0.25) is 0 Å². The lowest BCUT2D eigenvalue weighted by Gasteiger charge is -2.00. The van der Waals surface area contributed by atoms with E-state index >= 15 is 0 Å². The van der Waals surface area contributed by atoms with Crippen molar-refractivity contribution in [1.29, 1.82) is 0 Å². The van der Waals surface area contributed by atoms with Crippen LogP contribution in [0.3, 0.4) is 0 Å². The molecule has 0 amide bonds. The number of H-pyrrole nitrogens is 1. The Morgan fingerprint density at radius 1 is 1.47 bits per heavy atom. The number of ether oxygens (including phenoxy) is 1. The smallest absolute Gasteiger partial charge is 0.379 e. The molecule has 0 radical (unpaired) electrons. The Labute approximate surface area is 118 Å². The SMILES string of the molecule is C=CCc1[nH]c2c(Br)cccc2c1C(=O)C(=O)OC. The van der Waals surface area contributed by atoms with Crippen LogP contribution in [-0.2, 0) is 16.0 Å². The van der Waals surface area contributed by atoms with Crippen molar-refractivity contribution in [3.63, 3.8) is 0 Å². The van der Waals surface area contributed by atoms with E-state index in [1.165, 1.54) is 7.11 Å². The fourth-order valence-electron chi connectivity index (χ4n) is 1.99. The Morgan fingerprint density at radius 2 is 2.21 bits per heavy atom. The van der Waals surface area contributed by atoms with Crippen LogP contribution in [0.4, 0.5) is 0 Å². The van der Waals surface area contributed by atoms with Crippen molar-refractivity contribution in [3.05, 3.63) is 46.6 Å². The van der Waals surface area contributed by atoms with Gasteiger partial charge in [-0.3, -0.25) is 4.79 Å². The fraction of sp³-hybridized carbons (Fsp3) is 0.143. The van der Waals surface area contributed by atoms with Crippen molar-refractivity contribution >= 4 is 38.6 Å². The number of methoxy groups -OCH3 is 1. The monoisotopic (exact) mass is 321 g/mol. The highest BCUT2D eigenvalue weighted by molar-refractivity contribution is 9.10. The molecule has 0 aliphatic heterocycles. The first-order valence-electron chi connectivity index (χ1n) is 5.62. The molecule has 2 rings (SSSR count). The molecule has 19 heavy (non-hydrogen) atoms. The first kappa shape index (κ1) is 13.5. The molecule has 1 aromatic heterocycles. The molecule has 0 bridgehead atoms. The number of aromatic nitrogens is 1. The van der Waals surface area contributed by atoms with Crippen LogP contribution in [0.25, 0.3) is 10.9 Å². The summed E-state index contributed by atoms with van der Waals surface area (Å²) in [6, 6.07) is 5.47. The molecule has 0 atom stereocenters. The minimum atomic E-state index is -0.869. The molecular weight excluding hydrogens is 310 g/mol. The average Bonchev–Trinajstić information content (AvgIpc) is 2.77. The molecule has 1 aromatic carbocycles. The molecule has 5 heteroatoms. The summed E-state index contributed by atoms with van der Waals surface area (Å²) in [5.74, 6) is -1.52. The molecule has 0 aliphatic rings. The number of nitrogens with one attached hydrogen (secondary N) is 1. The van der Waals surface area contributed by atoms with Gasteiger partial charge >= 0.3 is 5.97 Å². The highest BCUT2D eigenvalue weighted by Crippen LogP contribution is 2.29. The summed E-state index contributed by atoms with van der Waals surface area (Å²) >= 11 is 3.41. The minimum absolute atomic E-state index is 0.350. The number of rotatable bonds is 4. The summed E-state index contributed by atoms with van der Waals surface area (Å²) in [6.07, 6.45) is 2.14. The van der Waals surface area contributed by atoms with Gasteiger partial charge in [0.05, 0.1) is 18.2 Å². The van der Waals surface area contributed by atoms with Gasteiger partial charge in [0.15, 0.2) is 0 Å². The number of allylic oxidation sites excluding steroid dienone is 1. The van der Waals surface area contributed by atoms with E-state index in [1.807, 2.05) is 12.1 Å². The highest BCUT2D eigenvalue weighted by Gasteiger charge is 2.24. The third-order valence-electron chi connectivity index (χ3n) is 2.81. The van der Waals surface area contributed by atoms with E-state index < -0.39 is 11.8 Å². The molecule has 0 saturated carbocycles. The lowest BCUT2D eigenvalue weighted by molar-refractivity contribution is -0.135. The summed E-state index contributed by atoms with van der Waals surface area (Å²) in [5.41, 5.74) is 1.79. The third-order valence-corrected chi connectivity index (χ3v) is 3.47. The number of Topliss-reactive ketones (excluding diaryl/α,β-unsaturated/α-hetero) is 1. The molecule has 0 aliphatic carbocycles. The number of halogens is 1. The van der Waals surface area contributed by atoms with E-state index in [9.17, 15) is 9.59 Å². The van der Waals surface area contributed by atoms with Gasteiger partial charge in [-0.2, -0.15) is 0 Å². The first-order valence-corrected chi connectivity index (χ1v) is 6.42. The number of ketones is 1. The standard InChI is InChI=1S/C14H12BrNO3/c1-3-5-10-11(13(17)14(18)19-2)8-6-4-7-9(15)12(8)16-10/h3-4,6-7,16H,1,5H2,2H3. The third kappa shape index (κ3) is 2.33. The lowest BCUT2D eigenvalue weighted by atomic mass is 10.0. The predicted molar refractivity (Wildman–Crippen MR) is 76.2 cm³/mol. The molecule has 0 unspecified atom stereocenters. The van der Waals surface area contributed by atoms with Crippen LogP contribution < -0.4 is 0 Å². The van der Waals surface area contributed by atoms with Crippen molar-refractivity contribution in [2.45, 2.75) is 6.42 Å². The number of fused-ring (bicyclic) bond motifs is 1. The Bertz CT molecular complexity index is 673. The van der Waals surface area contributed by atoms with Gasteiger partial charge in [0.25, 0.3) is 5.78 Å². The van der Waals surface area contributed by atoms with Gasteiger partial charge in [-0.1, -0.05) is 18.2 Å². The quantitative estimate of drug-likeness (QED) is 0.407. The zero-order valence-corrected chi connectivity index (χ0v) is 11.9. The molecule has 2 aromatic rings. The summed E-state index contributed by atoms with van der Waals surface area (Å²) in [7, 11) is 1.19. The second-order valence-corrected chi connectivity index (χ2v) is 4.81. The van der Waals surface area contributed by atoms with Crippen LogP contribution >= 0.6 is 15.9 Å². The minimum Gasteiger partial charge on any atom is -0.463 e. The number of benzene rings is 1. The molecule has 1 N–H and O–H groups in total. The van der Waals surface area contributed by atoms with Crippen LogP contribution in [0, 0.1) is 0 Å². The summed E-state index contributed by atoms with van der Waals surface area (Å²) in [4.78, 5) is 26.7. The van der Waals surface area contributed by atoms with E-state index in [2.05, 4.69) is 32.2 Å². The Kier molecular flexibility index (Phi) is 3.85. The average molecular weight is 322 g/mol. The Balaban J connectivity index is 2.72. The van der Waals surface area contributed by atoms with Gasteiger partial charge < -0.3 is 9.72 Å². The molecular formula is C14H12BrNO3. The fourth-order valence-corrected chi connectivity index (χ4v) is 2.45. The Hall–Kier alpha value is -1.88. The first-order chi connectivity index (χ1) is 9.10. The second kappa shape index (κ2) is 5.40. The zero-order valence-electron chi connectivity index (χ0n) is 10.3. The van der Waals surface area contributed by atoms with E-state index in [4.69, 9.17) is 0 Å². The molecule has 4 nitrogen and oxygen atoms in total. The lowest BCUT2D eigenvalue weighted by Crippen LogP contribution is -2.16. The number of carbonyl (C=O) groups excluding carboxylic acids is 2. The van der Waals surface area contributed by atoms with Gasteiger partial charge in [-0.05, 0) is 22.0 Å². The van der Waals surface area contributed by atoms with Crippen LogP contribution in [0.5, 0.6) is 0 Å². The maximum absolute atomic E-state index is 12.1. The van der Waals surface area contributed by atoms with E-state index in [1.54, 1.807) is 12.1 Å². The van der Waals surface area contributed by atoms with Gasteiger partial charge in [-0.25, -0.2) is 4.79 Å². The number of aromatic amines is 1. The number of hydrogen-bond donors (Lipinski definition) is 1. The number of para-hydroxylation sites is 1. The summed E-state index contributed by atoms with van der Waals surface area (Å²) in [5, 5.41) is 0.696. The Morgan fingerprint density at radius 3 is 2.84 bits per heavy atom. The molecule has 0 fully saturated rings. The van der Waals surface area contributed by atoms with Crippen molar-refractivity contribution in [3.8, 4) is 0 Å². The van der Waals surface area contributed by atoms with E-state index in [0.29, 0.717) is 23.1 Å². The van der Waals surface area contributed by atoms with Crippen molar-refractivity contribution in [1.82, 2.24) is 4.98 Å². The van der Waals surface area contributed by atoms with Crippen molar-refractivity contribution < 1.29 is 14.3 Å². The van der Waals surface area contributed by atoms with Crippen molar-refractivity contribution in [2.24, 2.45) is 0 Å². The van der Waals surface area contributed by atoms with Gasteiger partial charge in [0, 0.05) is 22.0 Å². The topological polar surface area (TPSA) is 59.2 Å². The molecule has 1 heterocycles. The van der Waals surface area contributed by atoms with Crippen LogP contribution in [0.1, 0.15) is 16.1 Å². The number of carbonyl (C=O) groups is 2. The highest BCUT2D eigenvalue weighted by atomic mass is 79.9. The number of hydrogen-bond acceptors (Lipinski definition) is 3. The van der Waals surface area contributed by atoms with Crippen LogP contribution in [0.15, 0.2) is 35.3 Å². The molecule has 98 valence electrons. The molecule has 0 spiro atoms. The zero-order chi connectivity index (χ0) is 14.0. The second-order valence-electron chi connectivity index (χ2n) is 3.95. The van der Waals surface area contributed by atoms with Gasteiger partial charge in [0.1, 0.15) is 0 Å². The van der Waals surface area contributed by atoms with Gasteiger partial charge in [0.2, 0.25) is 0 Å². The van der Waals surface area contributed by atoms with Gasteiger partial charge in [-0.15, -0.1) is 6.58 Å². The predicted octanol–water partition coefficient (Wildman–Crippen LogP) is 3.01. The maximum atomic E-state index is 12.1. The summed E-state index contributed by atoms with van der Waals surface area (Å²) < 4.78 is 5.34. The largest absolute Gasteiger partial charge is 0.463 e. The normalized spacial score (nSPS) is 10.4. The molecule has 0 saturated heterocycles. The van der Waals surface area contributed by atoms with E-state index in [0.717, 1.165) is 9.99 Å². The van der Waals surface area contributed by atoms with Crippen molar-refractivity contribution in [2.75, 3.05) is 7.11 Å². The van der Waals surface area contributed by atoms with Crippen LogP contribution in [-0.4, -0.2) is 23.8 Å². The van der Waals surface area contributed by atoms with E-state index in [-0.39, 0.29) is 0 Å². The summed E-state index contributed by atoms with van der Waals surface area (Å²) in [6.45, 7) is 3.65. The number of esters is 1. The maximum Gasteiger partial charge on any atom is 0.379 e.